The molecular weight excluding hydrogens is 230 g/mol. The fraction of sp³-hybridized carbons (Fsp3) is 0.167. The highest BCUT2D eigenvalue weighted by molar-refractivity contribution is 6.04. The van der Waals surface area contributed by atoms with Gasteiger partial charge in [0.2, 0.25) is 0 Å². The van der Waals surface area contributed by atoms with E-state index < -0.39 is 0 Å². The van der Waals surface area contributed by atoms with Crippen LogP contribution < -0.4 is 10.6 Å². The van der Waals surface area contributed by atoms with E-state index in [9.17, 15) is 4.79 Å². The van der Waals surface area contributed by atoms with Crippen molar-refractivity contribution in [1.82, 2.24) is 15.0 Å². The van der Waals surface area contributed by atoms with Crippen molar-refractivity contribution in [1.29, 1.82) is 0 Å². The SMILES string of the molecule is CNc1cc(C(=O)Nc2cncnc2)cc(C)n1. The molecule has 2 aromatic heterocycles. The monoisotopic (exact) mass is 243 g/mol. The number of rotatable bonds is 3. The maximum absolute atomic E-state index is 12.0. The third-order valence-corrected chi connectivity index (χ3v) is 2.29. The summed E-state index contributed by atoms with van der Waals surface area (Å²) in [5, 5.41) is 5.63. The number of aromatic nitrogens is 3. The van der Waals surface area contributed by atoms with Gasteiger partial charge in [0.15, 0.2) is 0 Å². The summed E-state index contributed by atoms with van der Waals surface area (Å²) in [6.45, 7) is 1.84. The molecule has 0 unspecified atom stereocenters. The van der Waals surface area contributed by atoms with Crippen LogP contribution in [-0.4, -0.2) is 27.9 Å². The Bertz CT molecular complexity index is 556. The Morgan fingerprint density at radius 3 is 2.61 bits per heavy atom. The van der Waals surface area contributed by atoms with Crippen LogP contribution in [0.5, 0.6) is 0 Å². The van der Waals surface area contributed by atoms with Crippen molar-refractivity contribution in [3.8, 4) is 0 Å². The van der Waals surface area contributed by atoms with Gasteiger partial charge < -0.3 is 10.6 Å². The van der Waals surface area contributed by atoms with Gasteiger partial charge in [0.1, 0.15) is 12.1 Å². The van der Waals surface area contributed by atoms with Crippen molar-refractivity contribution >= 4 is 17.4 Å². The second kappa shape index (κ2) is 5.22. The Kier molecular flexibility index (Phi) is 3.47. The highest BCUT2D eigenvalue weighted by Crippen LogP contribution is 2.11. The Labute approximate surface area is 105 Å². The van der Waals surface area contributed by atoms with E-state index in [1.165, 1.54) is 18.7 Å². The molecule has 0 radical (unpaired) electrons. The van der Waals surface area contributed by atoms with Gasteiger partial charge in [0, 0.05) is 18.3 Å². The van der Waals surface area contributed by atoms with Crippen LogP contribution in [-0.2, 0) is 0 Å². The Morgan fingerprint density at radius 1 is 1.22 bits per heavy atom. The summed E-state index contributed by atoms with van der Waals surface area (Å²) in [5.41, 5.74) is 1.87. The van der Waals surface area contributed by atoms with Crippen molar-refractivity contribution in [2.24, 2.45) is 0 Å². The normalized spacial score (nSPS) is 9.89. The zero-order chi connectivity index (χ0) is 13.0. The Hall–Kier alpha value is -2.50. The number of nitrogens with one attached hydrogen (secondary N) is 2. The Balaban J connectivity index is 2.21. The molecule has 0 spiro atoms. The van der Waals surface area contributed by atoms with Crippen LogP contribution in [0.15, 0.2) is 30.9 Å². The van der Waals surface area contributed by atoms with E-state index in [4.69, 9.17) is 0 Å². The third-order valence-electron chi connectivity index (χ3n) is 2.29. The molecule has 0 bridgehead atoms. The molecule has 0 saturated carbocycles. The molecule has 0 aliphatic carbocycles. The molecule has 1 amide bonds. The van der Waals surface area contributed by atoms with Gasteiger partial charge in [-0.25, -0.2) is 15.0 Å². The average molecular weight is 243 g/mol. The summed E-state index contributed by atoms with van der Waals surface area (Å²) in [5.74, 6) is 0.441. The van der Waals surface area contributed by atoms with E-state index in [0.29, 0.717) is 17.1 Å². The molecule has 0 aliphatic heterocycles. The molecule has 0 aromatic carbocycles. The van der Waals surface area contributed by atoms with Gasteiger partial charge in [-0.3, -0.25) is 4.79 Å². The highest BCUT2D eigenvalue weighted by Gasteiger charge is 2.08. The summed E-state index contributed by atoms with van der Waals surface area (Å²) in [6, 6.07) is 3.41. The molecule has 2 rings (SSSR count). The third kappa shape index (κ3) is 2.79. The van der Waals surface area contributed by atoms with Crippen molar-refractivity contribution in [3.63, 3.8) is 0 Å². The van der Waals surface area contributed by atoms with Gasteiger partial charge in [-0.2, -0.15) is 0 Å². The molecule has 0 aliphatic rings. The zero-order valence-corrected chi connectivity index (χ0v) is 10.1. The molecule has 92 valence electrons. The fourth-order valence-electron chi connectivity index (χ4n) is 1.49. The smallest absolute Gasteiger partial charge is 0.255 e. The number of hydrogen-bond acceptors (Lipinski definition) is 5. The lowest BCUT2D eigenvalue weighted by Crippen LogP contribution is -2.13. The molecule has 2 N–H and O–H groups in total. The summed E-state index contributed by atoms with van der Waals surface area (Å²) in [4.78, 5) is 23.9. The highest BCUT2D eigenvalue weighted by atomic mass is 16.1. The van der Waals surface area contributed by atoms with Crippen molar-refractivity contribution in [3.05, 3.63) is 42.1 Å². The molecule has 0 atom stereocenters. The fourth-order valence-corrected chi connectivity index (χ4v) is 1.49. The number of anilines is 2. The maximum Gasteiger partial charge on any atom is 0.255 e. The van der Waals surface area contributed by atoms with Gasteiger partial charge in [-0.05, 0) is 19.1 Å². The van der Waals surface area contributed by atoms with Crippen molar-refractivity contribution in [2.45, 2.75) is 6.92 Å². The topological polar surface area (TPSA) is 79.8 Å². The minimum atomic E-state index is -0.216. The molecule has 2 aromatic rings. The molecule has 2 heterocycles. The zero-order valence-electron chi connectivity index (χ0n) is 10.1. The van der Waals surface area contributed by atoms with Crippen LogP contribution in [0, 0.1) is 6.92 Å². The minimum Gasteiger partial charge on any atom is -0.373 e. The predicted octanol–water partition coefficient (Wildman–Crippen LogP) is 1.47. The van der Waals surface area contributed by atoms with Crippen LogP contribution in [0.25, 0.3) is 0 Å². The van der Waals surface area contributed by atoms with Gasteiger partial charge in [0.05, 0.1) is 18.1 Å². The van der Waals surface area contributed by atoms with E-state index >= 15 is 0 Å². The summed E-state index contributed by atoms with van der Waals surface area (Å²) in [6.07, 6.45) is 4.49. The molecule has 0 fully saturated rings. The van der Waals surface area contributed by atoms with Crippen molar-refractivity contribution in [2.75, 3.05) is 17.7 Å². The van der Waals surface area contributed by atoms with Gasteiger partial charge >= 0.3 is 0 Å². The Morgan fingerprint density at radius 2 is 1.94 bits per heavy atom. The lowest BCUT2D eigenvalue weighted by atomic mass is 10.2. The number of nitrogens with zero attached hydrogens (tertiary/aromatic N) is 3. The van der Waals surface area contributed by atoms with Crippen LogP contribution in [0.2, 0.25) is 0 Å². The lowest BCUT2D eigenvalue weighted by molar-refractivity contribution is 0.102. The number of carbonyl (C=O) groups is 1. The second-order valence-electron chi connectivity index (χ2n) is 3.71. The predicted molar refractivity (Wildman–Crippen MR) is 68.5 cm³/mol. The van der Waals surface area contributed by atoms with E-state index in [-0.39, 0.29) is 5.91 Å². The van der Waals surface area contributed by atoms with E-state index in [0.717, 1.165) is 5.69 Å². The molecule has 6 nitrogen and oxygen atoms in total. The summed E-state index contributed by atoms with van der Waals surface area (Å²) >= 11 is 0. The largest absolute Gasteiger partial charge is 0.373 e. The number of amides is 1. The molecule has 18 heavy (non-hydrogen) atoms. The standard InChI is InChI=1S/C12H13N5O/c1-8-3-9(4-11(13-2)16-8)12(18)17-10-5-14-7-15-6-10/h3-7H,1-2H3,(H,13,16)(H,17,18). The first-order valence-electron chi connectivity index (χ1n) is 5.42. The number of hydrogen-bond donors (Lipinski definition) is 2. The van der Waals surface area contributed by atoms with E-state index in [1.54, 1.807) is 19.2 Å². The van der Waals surface area contributed by atoms with E-state index in [1.807, 2.05) is 6.92 Å². The number of carbonyl (C=O) groups excluding carboxylic acids is 1. The van der Waals surface area contributed by atoms with Gasteiger partial charge in [-0.1, -0.05) is 0 Å². The quantitative estimate of drug-likeness (QED) is 0.853. The lowest BCUT2D eigenvalue weighted by Gasteiger charge is -2.07. The molecular formula is C12H13N5O. The molecule has 0 saturated heterocycles. The van der Waals surface area contributed by atoms with Crippen LogP contribution in [0.1, 0.15) is 16.1 Å². The van der Waals surface area contributed by atoms with Crippen LogP contribution in [0.3, 0.4) is 0 Å². The maximum atomic E-state index is 12.0. The minimum absolute atomic E-state index is 0.216. The average Bonchev–Trinajstić information content (AvgIpc) is 2.39. The van der Waals surface area contributed by atoms with Crippen molar-refractivity contribution < 1.29 is 4.79 Å². The van der Waals surface area contributed by atoms with Crippen LogP contribution in [0.4, 0.5) is 11.5 Å². The first-order chi connectivity index (χ1) is 8.69. The first kappa shape index (κ1) is 12.0. The number of aryl methyl sites for hydroxylation is 1. The molecule has 6 heteroatoms. The summed E-state index contributed by atoms with van der Waals surface area (Å²) < 4.78 is 0. The number of pyridine rings is 1. The van der Waals surface area contributed by atoms with Crippen LogP contribution >= 0.6 is 0 Å². The van der Waals surface area contributed by atoms with E-state index in [2.05, 4.69) is 25.6 Å². The van der Waals surface area contributed by atoms with Gasteiger partial charge in [-0.15, -0.1) is 0 Å². The first-order valence-corrected chi connectivity index (χ1v) is 5.42. The van der Waals surface area contributed by atoms with Gasteiger partial charge in [0.25, 0.3) is 5.91 Å². The summed E-state index contributed by atoms with van der Waals surface area (Å²) in [7, 11) is 1.76. The second-order valence-corrected chi connectivity index (χ2v) is 3.71.